The molecule has 0 bridgehead atoms. The molecule has 0 aliphatic heterocycles. The summed E-state index contributed by atoms with van der Waals surface area (Å²) in [6.07, 6.45) is 0.293. The third-order valence-corrected chi connectivity index (χ3v) is 9.50. The summed E-state index contributed by atoms with van der Waals surface area (Å²) in [7, 11) is 0. The molecule has 4 rings (SSSR count). The predicted octanol–water partition coefficient (Wildman–Crippen LogP) is 11.4. The van der Waals surface area contributed by atoms with Gasteiger partial charge in [0.1, 0.15) is 11.5 Å². The number of rotatable bonds is 11. The number of nitrogens with zero attached hydrogens (tertiary/aromatic N) is 2. The largest absolute Gasteiger partial charge is 2.00 e. The fraction of sp³-hybridized carbons (Fsp3) is 0.417. The maximum absolute atomic E-state index is 10.5. The molecule has 0 atom stereocenters. The summed E-state index contributed by atoms with van der Waals surface area (Å²) >= 11 is 0. The maximum atomic E-state index is 10.5. The molecule has 10 nitrogen and oxygen atoms in total. The van der Waals surface area contributed by atoms with Gasteiger partial charge >= 0.3 is 16.5 Å². The number of benzene rings is 4. The summed E-state index contributed by atoms with van der Waals surface area (Å²) in [4.78, 5) is 30.4. The average Bonchev–Trinajstić information content (AvgIpc) is 3.12. The van der Waals surface area contributed by atoms with Crippen molar-refractivity contribution in [3.05, 3.63) is 105 Å². The first-order valence-electron chi connectivity index (χ1n) is 19.8. The van der Waals surface area contributed by atoms with Gasteiger partial charge in [-0.25, -0.2) is 0 Å². The molecule has 4 aromatic rings. The Hall–Kier alpha value is -5.15. The van der Waals surface area contributed by atoms with E-state index in [1.807, 2.05) is 61.6 Å². The van der Waals surface area contributed by atoms with Gasteiger partial charge in [0, 0.05) is 12.4 Å². The molecule has 0 unspecified atom stereocenters. The van der Waals surface area contributed by atoms with E-state index in [0.717, 1.165) is 11.4 Å². The fourth-order valence-corrected chi connectivity index (χ4v) is 6.31. The van der Waals surface area contributed by atoms with E-state index in [-0.39, 0.29) is 63.2 Å². The first kappa shape index (κ1) is 51.9. The van der Waals surface area contributed by atoms with Crippen LogP contribution in [0.15, 0.2) is 70.6 Å². The van der Waals surface area contributed by atoms with Crippen LogP contribution in [-0.4, -0.2) is 35.0 Å². The van der Waals surface area contributed by atoms with Crippen LogP contribution in [0.1, 0.15) is 163 Å². The van der Waals surface area contributed by atoms with Gasteiger partial charge in [-0.1, -0.05) is 144 Å². The van der Waals surface area contributed by atoms with Crippen LogP contribution in [0, 0.1) is 13.8 Å². The van der Waals surface area contributed by atoms with Gasteiger partial charge in [-0.2, -0.15) is 0 Å². The van der Waals surface area contributed by atoms with E-state index >= 15 is 0 Å². The summed E-state index contributed by atoms with van der Waals surface area (Å²) in [6, 6.07) is 19.8. The number of aliphatic imine (C=N–C) groups is 2. The fourth-order valence-electron chi connectivity index (χ4n) is 6.31. The standard InChI is InChI=1S/C22H28N2.2C13H18O4.Ni/c1-15(2)19-11-8-12-20(16(3)4)22(19)24-14-13-23-21-17(5)9-7-10-18(21)6;2*1-7(2)9-5-6-10(8(3)4)12(11(9)14)17-13(15)16;/h7-16H,1-6H3;2*5-8,14H,1-4H3,(H,15,16);/q;;;+2/p-2. The zero-order chi connectivity index (χ0) is 44.0. The van der Waals surface area contributed by atoms with E-state index in [9.17, 15) is 30.0 Å². The third-order valence-electron chi connectivity index (χ3n) is 9.50. The van der Waals surface area contributed by atoms with Gasteiger partial charge in [-0.05, 0) is 93.9 Å². The minimum absolute atomic E-state index is 0. The Morgan fingerprint density at radius 2 is 0.780 bits per heavy atom. The molecule has 0 aromatic heterocycles. The van der Waals surface area contributed by atoms with Crippen molar-refractivity contribution in [1.82, 2.24) is 0 Å². The molecule has 0 saturated heterocycles. The molecule has 0 amide bonds. The first-order chi connectivity index (χ1) is 27.1. The second kappa shape index (κ2) is 24.1. The van der Waals surface area contributed by atoms with Gasteiger partial charge in [0.2, 0.25) is 0 Å². The van der Waals surface area contributed by atoms with Crippen molar-refractivity contribution in [3.63, 3.8) is 0 Å². The van der Waals surface area contributed by atoms with Gasteiger partial charge in [0.05, 0.1) is 22.9 Å². The van der Waals surface area contributed by atoms with Gasteiger partial charge in [-0.15, -0.1) is 0 Å². The van der Waals surface area contributed by atoms with Crippen molar-refractivity contribution in [2.24, 2.45) is 9.98 Å². The molecule has 0 heterocycles. The summed E-state index contributed by atoms with van der Waals surface area (Å²) < 4.78 is 9.17. The van der Waals surface area contributed by atoms with Crippen LogP contribution in [0.3, 0.4) is 0 Å². The molecule has 0 aliphatic rings. The number of para-hydroxylation sites is 2. The number of carboxylic acid groups (broad SMARTS) is 2. The summed E-state index contributed by atoms with van der Waals surface area (Å²) in [5.41, 5.74) is 9.69. The second-order valence-corrected chi connectivity index (χ2v) is 16.1. The second-order valence-electron chi connectivity index (χ2n) is 16.1. The van der Waals surface area contributed by atoms with Gasteiger partial charge in [0.25, 0.3) is 12.3 Å². The number of hydrogen-bond acceptors (Lipinski definition) is 10. The minimum atomic E-state index is -1.66. The molecular formula is C48H62N2NiO8. The minimum Gasteiger partial charge on any atom is -0.510 e. The molecule has 2 N–H and O–H groups in total. The van der Waals surface area contributed by atoms with Crippen molar-refractivity contribution >= 4 is 36.1 Å². The monoisotopic (exact) mass is 852 g/mol. The van der Waals surface area contributed by atoms with E-state index in [4.69, 9.17) is 4.99 Å². The molecule has 4 aromatic carbocycles. The zero-order valence-corrected chi connectivity index (χ0v) is 37.9. The van der Waals surface area contributed by atoms with E-state index in [2.05, 4.69) is 92.4 Å². The number of carbonyl (C=O) groups is 2. The van der Waals surface area contributed by atoms with Gasteiger partial charge < -0.3 is 39.5 Å². The number of ether oxygens (including phenoxy) is 2. The Morgan fingerprint density at radius 1 is 0.492 bits per heavy atom. The van der Waals surface area contributed by atoms with Crippen molar-refractivity contribution in [2.75, 3.05) is 0 Å². The number of phenolic OH excluding ortho intramolecular Hbond substituents is 2. The van der Waals surface area contributed by atoms with Crippen LogP contribution in [0.2, 0.25) is 0 Å². The van der Waals surface area contributed by atoms with Crippen LogP contribution in [0.4, 0.5) is 21.0 Å². The SMILES string of the molecule is CC(C)c1ccc(C(C)C)c(OC(=O)[O-])c1O.CC(C)c1ccc(C(C)C)c(OC(=O)[O-])c1O.Cc1cccc(C)c1N=CC=Nc1c(C(C)C)cccc1C(C)C.[Ni+2]. The molecule has 0 spiro atoms. The Labute approximate surface area is 361 Å². The molecule has 0 fully saturated rings. The molecule has 0 saturated carbocycles. The molecule has 0 aliphatic carbocycles. The number of hydrogen-bond donors (Lipinski definition) is 2. The number of phenols is 2. The number of aromatic hydroxyl groups is 2. The number of carbonyl (C=O) groups excluding carboxylic acids is 2. The predicted molar refractivity (Wildman–Crippen MR) is 231 cm³/mol. The van der Waals surface area contributed by atoms with E-state index < -0.39 is 12.3 Å². The van der Waals surface area contributed by atoms with Crippen molar-refractivity contribution in [1.29, 1.82) is 0 Å². The summed E-state index contributed by atoms with van der Waals surface area (Å²) in [5.74, 6) is 0.926. The molecule has 11 heteroatoms. The Kier molecular flexibility index (Phi) is 21.2. The van der Waals surface area contributed by atoms with Crippen LogP contribution in [0.25, 0.3) is 0 Å². The van der Waals surface area contributed by atoms with Gasteiger partial charge in [-0.3, -0.25) is 9.98 Å². The maximum Gasteiger partial charge on any atom is 2.00 e. The van der Waals surface area contributed by atoms with Crippen LogP contribution < -0.4 is 19.7 Å². The quantitative estimate of drug-likeness (QED) is 0.0651. The van der Waals surface area contributed by atoms with Gasteiger partial charge in [0.15, 0.2) is 0 Å². The first-order valence-corrected chi connectivity index (χ1v) is 19.8. The topological polar surface area (TPSA) is 164 Å². The molecule has 59 heavy (non-hydrogen) atoms. The van der Waals surface area contributed by atoms with Crippen molar-refractivity contribution in [2.45, 2.75) is 132 Å². The average molecular weight is 854 g/mol. The van der Waals surface area contributed by atoms with E-state index in [1.54, 1.807) is 30.5 Å². The number of aryl methyl sites for hydroxylation is 2. The Balaban J connectivity index is 0.000000450. The van der Waals surface area contributed by atoms with Crippen molar-refractivity contribution in [3.8, 4) is 23.0 Å². The Bertz CT molecular complexity index is 1940. The van der Waals surface area contributed by atoms with Crippen LogP contribution >= 0.6 is 0 Å². The van der Waals surface area contributed by atoms with Crippen molar-refractivity contribution < 1.29 is 56.0 Å². The summed E-state index contributed by atoms with van der Waals surface area (Å²) in [5, 5.41) is 41.1. The smallest absolute Gasteiger partial charge is 0.510 e. The molecule has 322 valence electrons. The molecule has 0 radical (unpaired) electrons. The molecular weight excluding hydrogens is 791 g/mol. The summed E-state index contributed by atoms with van der Waals surface area (Å²) in [6.45, 7) is 28.2. The van der Waals surface area contributed by atoms with E-state index in [1.165, 1.54) is 22.3 Å². The van der Waals surface area contributed by atoms with Crippen LogP contribution in [-0.2, 0) is 16.5 Å². The zero-order valence-electron chi connectivity index (χ0n) is 36.9. The Morgan fingerprint density at radius 3 is 1.08 bits per heavy atom. The van der Waals surface area contributed by atoms with Crippen LogP contribution in [0.5, 0.6) is 23.0 Å². The third kappa shape index (κ3) is 14.9. The van der Waals surface area contributed by atoms with E-state index in [0.29, 0.717) is 34.1 Å². The normalized spacial score (nSPS) is 11.3.